The summed E-state index contributed by atoms with van der Waals surface area (Å²) in [5.41, 5.74) is 2.08. The molecule has 3 aromatic rings. The van der Waals surface area contributed by atoms with Gasteiger partial charge < -0.3 is 9.88 Å². The molecule has 2 heterocycles. The molecule has 1 amide bonds. The minimum Gasteiger partial charge on any atom is -0.345 e. The van der Waals surface area contributed by atoms with E-state index in [0.717, 1.165) is 25.0 Å². The number of carbonyl (C=O) groups excluding carboxylic acids is 1. The fourth-order valence-electron chi connectivity index (χ4n) is 4.21. The molecule has 2 unspecified atom stereocenters. The van der Waals surface area contributed by atoms with Gasteiger partial charge in [-0.3, -0.25) is 4.79 Å². The number of aryl methyl sites for hydroxylation is 2. The van der Waals surface area contributed by atoms with Crippen LogP contribution < -0.4 is 10.0 Å². The van der Waals surface area contributed by atoms with E-state index in [0.29, 0.717) is 10.5 Å². The maximum Gasteiger partial charge on any atom is 0.272 e. The van der Waals surface area contributed by atoms with Gasteiger partial charge in [-0.15, -0.1) is 0 Å². The number of benzene rings is 2. The molecular formula is C26H28F2N4O2S. The van der Waals surface area contributed by atoms with Crippen LogP contribution in [0.5, 0.6) is 0 Å². The second-order valence-corrected chi connectivity index (χ2v) is 10.8. The Kier molecular flexibility index (Phi) is 7.18. The third kappa shape index (κ3) is 5.21. The third-order valence-electron chi connectivity index (χ3n) is 6.24. The number of halogens is 2. The van der Waals surface area contributed by atoms with Crippen molar-refractivity contribution in [1.82, 2.24) is 9.29 Å². The maximum absolute atomic E-state index is 13.9. The largest absolute Gasteiger partial charge is 0.345 e. The summed E-state index contributed by atoms with van der Waals surface area (Å²) in [7, 11) is 0.136. The predicted molar refractivity (Wildman–Crippen MR) is 134 cm³/mol. The van der Waals surface area contributed by atoms with Gasteiger partial charge in [0.1, 0.15) is 15.6 Å². The number of rotatable bonds is 6. The van der Waals surface area contributed by atoms with Crippen LogP contribution in [0.25, 0.3) is 6.08 Å². The highest BCUT2D eigenvalue weighted by atomic mass is 32.2. The average Bonchev–Trinajstić information content (AvgIpc) is 3.12. The Labute approximate surface area is 204 Å². The van der Waals surface area contributed by atoms with Crippen LogP contribution in [0.3, 0.4) is 0 Å². The number of aromatic nitrogens is 1. The first-order chi connectivity index (χ1) is 16.7. The van der Waals surface area contributed by atoms with Gasteiger partial charge >= 0.3 is 0 Å². The van der Waals surface area contributed by atoms with E-state index in [1.165, 1.54) is 18.7 Å². The van der Waals surface area contributed by atoms with Crippen molar-refractivity contribution in [3.63, 3.8) is 0 Å². The number of amides is 1. The molecule has 0 radical (unpaired) electrons. The van der Waals surface area contributed by atoms with Gasteiger partial charge in [0.2, 0.25) is 0 Å². The molecule has 0 saturated heterocycles. The Balaban J connectivity index is 1.62. The van der Waals surface area contributed by atoms with Gasteiger partial charge in [-0.1, -0.05) is 49.4 Å². The number of hydrogen-bond donors (Lipinski definition) is 2. The second kappa shape index (κ2) is 10.1. The smallest absolute Gasteiger partial charge is 0.272 e. The van der Waals surface area contributed by atoms with Gasteiger partial charge in [-0.05, 0) is 36.5 Å². The molecule has 3 atom stereocenters. The van der Waals surface area contributed by atoms with Crippen molar-refractivity contribution in [1.29, 1.82) is 0 Å². The second-order valence-electron chi connectivity index (χ2n) is 8.66. The molecule has 0 bridgehead atoms. The number of fused-ring (bicyclic) bond motifs is 1. The Hall–Kier alpha value is -3.30. The summed E-state index contributed by atoms with van der Waals surface area (Å²) < 4.78 is 49.7. The minimum atomic E-state index is -3.02. The van der Waals surface area contributed by atoms with Crippen LogP contribution in [0.2, 0.25) is 0 Å². The monoisotopic (exact) mass is 498 g/mol. The van der Waals surface area contributed by atoms with Gasteiger partial charge in [0.05, 0.1) is 4.90 Å². The van der Waals surface area contributed by atoms with Crippen LogP contribution in [-0.4, -0.2) is 27.8 Å². The lowest BCUT2D eigenvalue weighted by molar-refractivity contribution is 0.101. The highest BCUT2D eigenvalue weighted by Crippen LogP contribution is 2.30. The summed E-state index contributed by atoms with van der Waals surface area (Å²) in [6, 6.07) is 13.1. The van der Waals surface area contributed by atoms with Crippen LogP contribution in [0.1, 0.15) is 35.0 Å². The van der Waals surface area contributed by atoms with Crippen LogP contribution in [0.4, 0.5) is 14.5 Å². The number of anilines is 1. The Morgan fingerprint density at radius 3 is 2.63 bits per heavy atom. The van der Waals surface area contributed by atoms with Crippen LogP contribution in [-0.2, 0) is 23.4 Å². The lowest BCUT2D eigenvalue weighted by Gasteiger charge is -2.23. The standard InChI is InChI=1S/C26H28F2N4O2S/c1-17(9-10-18-7-5-4-6-8-18)23-14-12-20-24(35(34,29-2)31-23)16-32(3)25(20)26(33)30-19-11-13-21(27)22(28)15-19/h4-8,11-17,23H,9-10H2,1-3H3,(H,30,33)(H,29,31,34)/t17?,23-,35?/m1/s1. The van der Waals surface area contributed by atoms with Crippen LogP contribution in [0, 0.1) is 17.6 Å². The fourth-order valence-corrected chi connectivity index (χ4v) is 6.08. The molecule has 0 aliphatic carbocycles. The van der Waals surface area contributed by atoms with E-state index in [4.69, 9.17) is 0 Å². The van der Waals surface area contributed by atoms with E-state index in [-0.39, 0.29) is 23.3 Å². The van der Waals surface area contributed by atoms with E-state index in [2.05, 4.69) is 33.5 Å². The average molecular weight is 499 g/mol. The van der Waals surface area contributed by atoms with Crippen LogP contribution in [0.15, 0.2) is 70.1 Å². The van der Waals surface area contributed by atoms with Crippen molar-refractivity contribution in [2.24, 2.45) is 17.3 Å². The lowest BCUT2D eigenvalue weighted by atomic mass is 9.94. The van der Waals surface area contributed by atoms with E-state index < -0.39 is 27.5 Å². The number of nitrogens with zero attached hydrogens (tertiary/aromatic N) is 2. The topological polar surface area (TPSA) is 75.5 Å². The molecule has 0 spiro atoms. The molecule has 2 aromatic carbocycles. The van der Waals surface area contributed by atoms with Crippen molar-refractivity contribution < 1.29 is 17.8 Å². The fraction of sp³-hybridized carbons (Fsp3) is 0.269. The van der Waals surface area contributed by atoms with Crippen molar-refractivity contribution in [2.75, 3.05) is 12.4 Å². The van der Waals surface area contributed by atoms with E-state index >= 15 is 0 Å². The van der Waals surface area contributed by atoms with Crippen LogP contribution >= 0.6 is 0 Å². The lowest BCUT2D eigenvalue weighted by Crippen LogP contribution is -2.37. The molecule has 6 nitrogen and oxygen atoms in total. The van der Waals surface area contributed by atoms with Gasteiger partial charge in [-0.2, -0.15) is 0 Å². The summed E-state index contributed by atoms with van der Waals surface area (Å²) in [5.74, 6) is -2.44. The molecule has 35 heavy (non-hydrogen) atoms. The van der Waals surface area contributed by atoms with Gasteiger partial charge in [-0.25, -0.2) is 22.1 Å². The van der Waals surface area contributed by atoms with Crippen molar-refractivity contribution in [3.8, 4) is 0 Å². The van der Waals surface area contributed by atoms with E-state index in [9.17, 15) is 17.8 Å². The molecule has 0 fully saturated rings. The molecule has 1 aromatic heterocycles. The SMILES string of the molecule is CN=S1(=O)N[C@@H](C(C)CCc2ccccc2)C=Cc2c1cn(C)c2C(=O)Nc1ccc(F)c(F)c1. The zero-order valence-electron chi connectivity index (χ0n) is 19.8. The molecule has 9 heteroatoms. The molecule has 0 saturated carbocycles. The minimum absolute atomic E-state index is 0.118. The summed E-state index contributed by atoms with van der Waals surface area (Å²) in [5, 5.41) is 2.60. The molecule has 4 rings (SSSR count). The Morgan fingerprint density at radius 2 is 1.94 bits per heavy atom. The molecule has 1 aliphatic rings. The zero-order chi connectivity index (χ0) is 25.2. The van der Waals surface area contributed by atoms with Crippen molar-refractivity contribution in [2.45, 2.75) is 30.7 Å². The van der Waals surface area contributed by atoms with Gasteiger partial charge in [0, 0.05) is 43.7 Å². The first kappa shape index (κ1) is 24.8. The first-order valence-corrected chi connectivity index (χ1v) is 12.8. The highest BCUT2D eigenvalue weighted by molar-refractivity contribution is 7.91. The Bertz CT molecular complexity index is 1390. The number of carbonyl (C=O) groups is 1. The molecular weight excluding hydrogens is 470 g/mol. The first-order valence-electron chi connectivity index (χ1n) is 11.3. The van der Waals surface area contributed by atoms with Crippen molar-refractivity contribution in [3.05, 3.63) is 89.3 Å². The van der Waals surface area contributed by atoms with Gasteiger partial charge in [0.25, 0.3) is 5.91 Å². The zero-order valence-corrected chi connectivity index (χ0v) is 20.6. The number of nitrogens with one attached hydrogen (secondary N) is 2. The Morgan fingerprint density at radius 1 is 1.20 bits per heavy atom. The summed E-state index contributed by atoms with van der Waals surface area (Å²) in [4.78, 5) is 13.5. The predicted octanol–water partition coefficient (Wildman–Crippen LogP) is 5.18. The normalized spacial score (nSPS) is 20.1. The summed E-state index contributed by atoms with van der Waals surface area (Å²) in [6.07, 6.45) is 7.09. The quantitative estimate of drug-likeness (QED) is 0.491. The van der Waals surface area contributed by atoms with E-state index in [1.54, 1.807) is 23.9 Å². The van der Waals surface area contributed by atoms with Crippen molar-refractivity contribution >= 4 is 27.6 Å². The summed E-state index contributed by atoms with van der Waals surface area (Å²) >= 11 is 0. The maximum atomic E-state index is 13.9. The third-order valence-corrected chi connectivity index (χ3v) is 8.27. The number of hydrogen-bond acceptors (Lipinski definition) is 3. The summed E-state index contributed by atoms with van der Waals surface area (Å²) in [6.45, 7) is 2.09. The highest BCUT2D eigenvalue weighted by Gasteiger charge is 2.30. The molecule has 2 N–H and O–H groups in total. The van der Waals surface area contributed by atoms with Gasteiger partial charge in [0.15, 0.2) is 11.6 Å². The van der Waals surface area contributed by atoms with E-state index in [1.807, 2.05) is 24.3 Å². The molecule has 1 aliphatic heterocycles. The molecule has 184 valence electrons.